The number of amides is 1. The number of fused-ring (bicyclic) bond motifs is 1. The maximum Gasteiger partial charge on any atom is 0.257 e. The first-order valence-corrected chi connectivity index (χ1v) is 8.82. The summed E-state index contributed by atoms with van der Waals surface area (Å²) in [6.45, 7) is 3.90. The van der Waals surface area contributed by atoms with Gasteiger partial charge in [0, 0.05) is 16.6 Å². The van der Waals surface area contributed by atoms with Crippen LogP contribution in [0.15, 0.2) is 72.8 Å². The molecule has 2 aromatic heterocycles. The van der Waals surface area contributed by atoms with E-state index in [2.05, 4.69) is 10.3 Å². The Balaban J connectivity index is 1.81. The maximum absolute atomic E-state index is 13.1. The number of hydrogen-bond donors (Lipinski definition) is 1. The molecule has 2 heterocycles. The molecular formula is C23H19N3O. The number of aromatic nitrogens is 2. The molecule has 0 unspecified atom stereocenters. The van der Waals surface area contributed by atoms with Crippen LogP contribution in [0.25, 0.3) is 22.2 Å². The van der Waals surface area contributed by atoms with Crippen LogP contribution in [-0.2, 0) is 0 Å². The smallest absolute Gasteiger partial charge is 0.257 e. The van der Waals surface area contributed by atoms with E-state index in [1.807, 2.05) is 86.6 Å². The third kappa shape index (κ3) is 3.55. The molecule has 0 aliphatic rings. The Morgan fingerprint density at radius 1 is 0.852 bits per heavy atom. The Kier molecular flexibility index (Phi) is 4.38. The topological polar surface area (TPSA) is 54.9 Å². The summed E-state index contributed by atoms with van der Waals surface area (Å²) < 4.78 is 0. The fourth-order valence-electron chi connectivity index (χ4n) is 3.21. The highest BCUT2D eigenvalue weighted by Crippen LogP contribution is 2.25. The van der Waals surface area contributed by atoms with Gasteiger partial charge in [-0.15, -0.1) is 0 Å². The molecule has 0 aliphatic heterocycles. The number of carbonyl (C=O) groups is 1. The molecule has 0 saturated heterocycles. The highest BCUT2D eigenvalue weighted by atomic mass is 16.1. The van der Waals surface area contributed by atoms with E-state index in [-0.39, 0.29) is 5.91 Å². The number of benzene rings is 2. The fraction of sp³-hybridized carbons (Fsp3) is 0.0870. The molecule has 0 spiro atoms. The van der Waals surface area contributed by atoms with Gasteiger partial charge in [-0.05, 0) is 43.7 Å². The van der Waals surface area contributed by atoms with Crippen LogP contribution in [0.2, 0.25) is 0 Å². The maximum atomic E-state index is 13.1. The summed E-state index contributed by atoms with van der Waals surface area (Å²) in [6, 6.07) is 23.2. The van der Waals surface area contributed by atoms with Crippen LogP contribution < -0.4 is 5.32 Å². The van der Waals surface area contributed by atoms with Gasteiger partial charge in [-0.2, -0.15) is 0 Å². The molecule has 0 bridgehead atoms. The lowest BCUT2D eigenvalue weighted by atomic mass is 10.0. The molecule has 0 atom stereocenters. The number of nitrogens with zero attached hydrogens (tertiary/aromatic N) is 2. The van der Waals surface area contributed by atoms with Crippen molar-refractivity contribution in [3.63, 3.8) is 0 Å². The predicted molar refractivity (Wildman–Crippen MR) is 109 cm³/mol. The third-order valence-electron chi connectivity index (χ3n) is 4.37. The van der Waals surface area contributed by atoms with Crippen molar-refractivity contribution in [3.8, 4) is 11.3 Å². The normalized spacial score (nSPS) is 10.7. The van der Waals surface area contributed by atoms with Gasteiger partial charge < -0.3 is 5.32 Å². The number of para-hydroxylation sites is 1. The zero-order chi connectivity index (χ0) is 18.8. The molecule has 0 radical (unpaired) electrons. The van der Waals surface area contributed by atoms with E-state index >= 15 is 0 Å². The largest absolute Gasteiger partial charge is 0.307 e. The van der Waals surface area contributed by atoms with Gasteiger partial charge in [0.05, 0.1) is 16.8 Å². The van der Waals surface area contributed by atoms with E-state index in [1.165, 1.54) is 0 Å². The summed E-state index contributed by atoms with van der Waals surface area (Å²) in [4.78, 5) is 22.2. The van der Waals surface area contributed by atoms with Gasteiger partial charge in [0.25, 0.3) is 5.91 Å². The predicted octanol–water partition coefficient (Wildman–Crippen LogP) is 5.17. The van der Waals surface area contributed by atoms with Crippen molar-refractivity contribution >= 4 is 22.6 Å². The number of carbonyl (C=O) groups excluding carboxylic acids is 1. The molecule has 4 aromatic rings. The summed E-state index contributed by atoms with van der Waals surface area (Å²) >= 11 is 0. The first-order valence-electron chi connectivity index (χ1n) is 8.82. The zero-order valence-electron chi connectivity index (χ0n) is 15.2. The quantitative estimate of drug-likeness (QED) is 0.553. The Morgan fingerprint density at radius 2 is 1.59 bits per heavy atom. The molecule has 2 aromatic carbocycles. The van der Waals surface area contributed by atoms with Gasteiger partial charge in [-0.25, -0.2) is 9.97 Å². The standard InChI is InChI=1S/C23H19N3O/c1-15-12-16(2)24-22(13-15)26-23(27)19-14-21(17-8-4-3-5-9-17)25-20-11-7-6-10-18(19)20/h3-14H,1-2H3,(H,24,26,27). The monoisotopic (exact) mass is 353 g/mol. The minimum absolute atomic E-state index is 0.191. The first-order chi connectivity index (χ1) is 13.1. The van der Waals surface area contributed by atoms with Gasteiger partial charge in [0.2, 0.25) is 0 Å². The van der Waals surface area contributed by atoms with Crippen molar-refractivity contribution in [1.29, 1.82) is 0 Å². The van der Waals surface area contributed by atoms with Gasteiger partial charge >= 0.3 is 0 Å². The van der Waals surface area contributed by atoms with Crippen molar-refractivity contribution in [1.82, 2.24) is 9.97 Å². The van der Waals surface area contributed by atoms with E-state index in [0.717, 1.165) is 33.4 Å². The Bertz CT molecular complexity index is 1120. The molecule has 0 aliphatic carbocycles. The van der Waals surface area contributed by atoms with E-state index in [9.17, 15) is 4.79 Å². The highest BCUT2D eigenvalue weighted by Gasteiger charge is 2.15. The fourth-order valence-corrected chi connectivity index (χ4v) is 3.21. The van der Waals surface area contributed by atoms with Crippen molar-refractivity contribution in [3.05, 3.63) is 89.6 Å². The average molecular weight is 353 g/mol. The lowest BCUT2D eigenvalue weighted by Crippen LogP contribution is -2.14. The molecule has 1 N–H and O–H groups in total. The Labute approximate surface area is 157 Å². The first kappa shape index (κ1) is 16.9. The van der Waals surface area contributed by atoms with E-state index in [4.69, 9.17) is 4.98 Å². The summed E-state index contributed by atoms with van der Waals surface area (Å²) in [5.74, 6) is 0.364. The van der Waals surface area contributed by atoms with Gasteiger partial charge in [-0.1, -0.05) is 48.5 Å². The minimum Gasteiger partial charge on any atom is -0.307 e. The number of anilines is 1. The number of pyridine rings is 2. The van der Waals surface area contributed by atoms with Crippen molar-refractivity contribution < 1.29 is 4.79 Å². The van der Waals surface area contributed by atoms with Gasteiger partial charge in [0.15, 0.2) is 0 Å². The number of rotatable bonds is 3. The number of aryl methyl sites for hydroxylation is 2. The molecule has 0 saturated carbocycles. The SMILES string of the molecule is Cc1cc(C)nc(NC(=O)c2cc(-c3ccccc3)nc3ccccc23)c1. The summed E-state index contributed by atoms with van der Waals surface area (Å²) in [6.07, 6.45) is 0. The van der Waals surface area contributed by atoms with Gasteiger partial charge in [0.1, 0.15) is 5.82 Å². The van der Waals surface area contributed by atoms with Crippen LogP contribution in [-0.4, -0.2) is 15.9 Å². The van der Waals surface area contributed by atoms with Crippen LogP contribution in [0.1, 0.15) is 21.6 Å². The number of nitrogens with one attached hydrogen (secondary N) is 1. The van der Waals surface area contributed by atoms with Crippen molar-refractivity contribution in [2.75, 3.05) is 5.32 Å². The average Bonchev–Trinajstić information content (AvgIpc) is 2.67. The lowest BCUT2D eigenvalue weighted by Gasteiger charge is -2.11. The minimum atomic E-state index is -0.191. The van der Waals surface area contributed by atoms with Crippen LogP contribution in [0, 0.1) is 13.8 Å². The zero-order valence-corrected chi connectivity index (χ0v) is 15.2. The Hall–Kier alpha value is -3.53. The molecule has 1 amide bonds. The van der Waals surface area contributed by atoms with Crippen LogP contribution >= 0.6 is 0 Å². The Morgan fingerprint density at radius 3 is 2.37 bits per heavy atom. The molecular weight excluding hydrogens is 334 g/mol. The highest BCUT2D eigenvalue weighted by molar-refractivity contribution is 6.12. The molecule has 4 nitrogen and oxygen atoms in total. The second kappa shape index (κ2) is 7.00. The van der Waals surface area contributed by atoms with Crippen LogP contribution in [0.4, 0.5) is 5.82 Å². The van der Waals surface area contributed by atoms with E-state index in [1.54, 1.807) is 0 Å². The van der Waals surface area contributed by atoms with Crippen LogP contribution in [0.5, 0.6) is 0 Å². The molecule has 4 heteroatoms. The lowest BCUT2D eigenvalue weighted by molar-refractivity contribution is 0.102. The molecule has 4 rings (SSSR count). The van der Waals surface area contributed by atoms with Gasteiger partial charge in [-0.3, -0.25) is 4.79 Å². The van der Waals surface area contributed by atoms with Crippen molar-refractivity contribution in [2.45, 2.75) is 13.8 Å². The summed E-state index contributed by atoms with van der Waals surface area (Å²) in [5.41, 5.74) is 5.05. The van der Waals surface area contributed by atoms with Crippen LogP contribution in [0.3, 0.4) is 0 Å². The molecule has 0 fully saturated rings. The molecule has 27 heavy (non-hydrogen) atoms. The van der Waals surface area contributed by atoms with Crippen molar-refractivity contribution in [2.24, 2.45) is 0 Å². The number of hydrogen-bond acceptors (Lipinski definition) is 3. The summed E-state index contributed by atoms with van der Waals surface area (Å²) in [7, 11) is 0. The second-order valence-electron chi connectivity index (χ2n) is 6.56. The second-order valence-corrected chi connectivity index (χ2v) is 6.56. The summed E-state index contributed by atoms with van der Waals surface area (Å²) in [5, 5.41) is 3.75. The van der Waals surface area contributed by atoms with E-state index < -0.39 is 0 Å². The van der Waals surface area contributed by atoms with E-state index in [0.29, 0.717) is 11.4 Å². The third-order valence-corrected chi connectivity index (χ3v) is 4.37. The molecule has 132 valence electrons.